The first kappa shape index (κ1) is 23.9. The summed E-state index contributed by atoms with van der Waals surface area (Å²) in [5, 5.41) is 16.1. The highest BCUT2D eigenvalue weighted by Crippen LogP contribution is 2.53. The number of carbonyl (C=O) groups is 2. The molecule has 2 fully saturated rings. The molecule has 1 aliphatic heterocycles. The Hall–Kier alpha value is -2.38. The Balaban J connectivity index is 0.000000396. The Morgan fingerprint density at radius 2 is 1.90 bits per heavy atom. The monoisotopic (exact) mass is 453 g/mol. The molecular weight excluding hydrogens is 434 g/mol. The maximum atomic E-state index is 12.4. The standard InChI is InChI=1S/C15H18FN3O3S.C2HF3O2/c16-3-9(4-17)8-22-13-2-1-10(5-18-13)23-19-6-11-12(7-19)14(11)15(20)21;3-2(4,5)1(6)7/h1-3,5,11-12,14H,4,6-8,17H2,(H,20,21);(H,6,7)/b9-3-;/t11-,12+,14?;. The maximum absolute atomic E-state index is 12.4. The Bertz CT molecular complexity index is 779. The van der Waals surface area contributed by atoms with E-state index >= 15 is 0 Å². The van der Waals surface area contributed by atoms with Gasteiger partial charge in [0.15, 0.2) is 0 Å². The van der Waals surface area contributed by atoms with Crippen molar-refractivity contribution < 1.29 is 42.1 Å². The number of carboxylic acid groups (broad SMARTS) is 2. The second kappa shape index (κ2) is 10.1. The van der Waals surface area contributed by atoms with Crippen LogP contribution in [0.5, 0.6) is 5.88 Å². The highest BCUT2D eigenvalue weighted by Gasteiger charge is 2.59. The number of hydrogen-bond donors (Lipinski definition) is 3. The van der Waals surface area contributed by atoms with E-state index in [9.17, 15) is 22.4 Å². The number of pyridine rings is 1. The fourth-order valence-corrected chi connectivity index (χ4v) is 3.91. The van der Waals surface area contributed by atoms with Gasteiger partial charge in [-0.3, -0.25) is 4.79 Å². The quantitative estimate of drug-likeness (QED) is 0.421. The first-order chi connectivity index (χ1) is 14.1. The lowest BCUT2D eigenvalue weighted by atomic mass is 10.3. The Kier molecular flexibility index (Phi) is 8.03. The van der Waals surface area contributed by atoms with E-state index in [1.54, 1.807) is 24.2 Å². The number of nitrogens with two attached hydrogens (primary N) is 1. The maximum Gasteiger partial charge on any atom is 0.490 e. The molecule has 2 aliphatic rings. The average Bonchev–Trinajstić information content (AvgIpc) is 3.20. The minimum absolute atomic E-state index is 0.0819. The fourth-order valence-electron chi connectivity index (χ4n) is 2.89. The van der Waals surface area contributed by atoms with E-state index in [0.717, 1.165) is 18.0 Å². The number of nitrogens with zero attached hydrogens (tertiary/aromatic N) is 2. The predicted octanol–water partition coefficient (Wildman–Crippen LogP) is 2.18. The molecule has 0 aromatic carbocycles. The van der Waals surface area contributed by atoms with Crippen molar-refractivity contribution in [2.75, 3.05) is 26.2 Å². The molecule has 0 radical (unpaired) electrons. The summed E-state index contributed by atoms with van der Waals surface area (Å²) in [4.78, 5) is 25.0. The zero-order valence-electron chi connectivity index (χ0n) is 15.4. The van der Waals surface area contributed by atoms with E-state index in [2.05, 4.69) is 9.29 Å². The van der Waals surface area contributed by atoms with E-state index in [1.165, 1.54) is 0 Å². The van der Waals surface area contributed by atoms with E-state index in [-0.39, 0.29) is 30.9 Å². The zero-order chi connectivity index (χ0) is 22.5. The topological polar surface area (TPSA) is 126 Å². The van der Waals surface area contributed by atoms with Gasteiger partial charge in [-0.05, 0) is 29.9 Å². The summed E-state index contributed by atoms with van der Waals surface area (Å²) in [5.74, 6) is -2.59. The molecule has 1 unspecified atom stereocenters. The van der Waals surface area contributed by atoms with Crippen molar-refractivity contribution in [3.05, 3.63) is 30.2 Å². The molecule has 0 amide bonds. The molecule has 8 nitrogen and oxygen atoms in total. The minimum atomic E-state index is -5.08. The van der Waals surface area contributed by atoms with Crippen LogP contribution < -0.4 is 10.5 Å². The third-order valence-corrected chi connectivity index (χ3v) is 5.46. The van der Waals surface area contributed by atoms with Crippen LogP contribution in [0.25, 0.3) is 0 Å². The molecule has 3 rings (SSSR count). The van der Waals surface area contributed by atoms with E-state index < -0.39 is 18.1 Å². The van der Waals surface area contributed by atoms with Gasteiger partial charge in [-0.1, -0.05) is 0 Å². The molecular formula is C17H19F4N3O5S. The lowest BCUT2D eigenvalue weighted by molar-refractivity contribution is -0.192. The van der Waals surface area contributed by atoms with Crippen molar-refractivity contribution in [3.8, 4) is 5.88 Å². The molecule has 166 valence electrons. The van der Waals surface area contributed by atoms with Crippen LogP contribution in [0.3, 0.4) is 0 Å². The normalized spacial score (nSPS) is 23.2. The van der Waals surface area contributed by atoms with E-state index in [1.807, 2.05) is 6.07 Å². The molecule has 1 saturated heterocycles. The highest BCUT2D eigenvalue weighted by molar-refractivity contribution is 7.97. The zero-order valence-corrected chi connectivity index (χ0v) is 16.2. The summed E-state index contributed by atoms with van der Waals surface area (Å²) in [6.45, 7) is 1.79. The number of ether oxygens (including phenoxy) is 1. The summed E-state index contributed by atoms with van der Waals surface area (Å²) in [6.07, 6.45) is -2.94. The Morgan fingerprint density at radius 3 is 2.30 bits per heavy atom. The third-order valence-electron chi connectivity index (χ3n) is 4.45. The molecule has 0 bridgehead atoms. The summed E-state index contributed by atoms with van der Waals surface area (Å²) >= 11 is 1.57. The van der Waals surface area contributed by atoms with Crippen molar-refractivity contribution in [2.45, 2.75) is 11.1 Å². The molecule has 30 heavy (non-hydrogen) atoms. The summed E-state index contributed by atoms with van der Waals surface area (Å²) in [6, 6.07) is 3.61. The van der Waals surface area contributed by atoms with Crippen molar-refractivity contribution in [2.24, 2.45) is 23.5 Å². The molecule has 3 atom stereocenters. The van der Waals surface area contributed by atoms with E-state index in [0.29, 0.717) is 17.8 Å². The Labute approximate surface area is 172 Å². The van der Waals surface area contributed by atoms with Gasteiger partial charge in [0.25, 0.3) is 0 Å². The largest absolute Gasteiger partial charge is 0.490 e. The fraction of sp³-hybridized carbons (Fsp3) is 0.471. The van der Waals surface area contributed by atoms with Crippen molar-refractivity contribution in [3.63, 3.8) is 0 Å². The molecule has 13 heteroatoms. The van der Waals surface area contributed by atoms with Gasteiger partial charge in [0.1, 0.15) is 6.61 Å². The van der Waals surface area contributed by atoms with Crippen molar-refractivity contribution in [1.29, 1.82) is 0 Å². The summed E-state index contributed by atoms with van der Waals surface area (Å²) < 4.78 is 51.6. The molecule has 1 aromatic heterocycles. The summed E-state index contributed by atoms with van der Waals surface area (Å²) in [5.41, 5.74) is 5.72. The molecule has 0 spiro atoms. The van der Waals surface area contributed by atoms with Gasteiger partial charge in [-0.2, -0.15) is 13.2 Å². The van der Waals surface area contributed by atoms with Crippen molar-refractivity contribution >= 4 is 23.9 Å². The SMILES string of the molecule is NC/C(=C/F)COc1ccc(SN2C[C@@H]3C(C(=O)O)[C@@H]3C2)cn1.O=C(O)C(F)(F)F. The number of piperidine rings is 1. The molecule has 4 N–H and O–H groups in total. The number of alkyl halides is 3. The number of fused-ring (bicyclic) bond motifs is 1. The number of rotatable bonds is 7. The van der Waals surface area contributed by atoms with Crippen LogP contribution in [-0.4, -0.2) is 63.9 Å². The lowest BCUT2D eigenvalue weighted by Crippen LogP contribution is -2.21. The predicted molar refractivity (Wildman–Crippen MR) is 97.2 cm³/mol. The minimum Gasteiger partial charge on any atom is -0.481 e. The Morgan fingerprint density at radius 1 is 1.30 bits per heavy atom. The highest BCUT2D eigenvalue weighted by atomic mass is 32.2. The molecule has 1 aliphatic carbocycles. The van der Waals surface area contributed by atoms with Gasteiger partial charge in [-0.15, -0.1) is 0 Å². The van der Waals surface area contributed by atoms with Gasteiger partial charge < -0.3 is 20.7 Å². The number of halogens is 4. The second-order valence-corrected chi connectivity index (χ2v) is 7.70. The van der Waals surface area contributed by atoms with Crippen LogP contribution in [0.1, 0.15) is 0 Å². The first-order valence-corrected chi connectivity index (χ1v) is 9.37. The third kappa shape index (κ3) is 6.57. The second-order valence-electron chi connectivity index (χ2n) is 6.53. The number of hydrogen-bond acceptors (Lipinski definition) is 7. The summed E-state index contributed by atoms with van der Waals surface area (Å²) in [7, 11) is 0. The average molecular weight is 453 g/mol. The van der Waals surface area contributed by atoms with Gasteiger partial charge in [-0.25, -0.2) is 18.5 Å². The van der Waals surface area contributed by atoms with Crippen molar-refractivity contribution in [1.82, 2.24) is 9.29 Å². The lowest BCUT2D eigenvalue weighted by Gasteiger charge is -2.17. The van der Waals surface area contributed by atoms with Crippen LogP contribution in [-0.2, 0) is 9.59 Å². The number of aromatic nitrogens is 1. The van der Waals surface area contributed by atoms with Gasteiger partial charge in [0.2, 0.25) is 5.88 Å². The van der Waals surface area contributed by atoms with Crippen LogP contribution in [0.15, 0.2) is 35.1 Å². The smallest absolute Gasteiger partial charge is 0.481 e. The van der Waals surface area contributed by atoms with Crippen LogP contribution in [0, 0.1) is 17.8 Å². The van der Waals surface area contributed by atoms with Gasteiger partial charge >= 0.3 is 18.1 Å². The van der Waals surface area contributed by atoms with E-state index in [4.69, 9.17) is 25.5 Å². The first-order valence-electron chi connectivity index (χ1n) is 8.59. The van der Waals surface area contributed by atoms with Crippen LogP contribution in [0.2, 0.25) is 0 Å². The number of aliphatic carboxylic acids is 2. The number of carboxylic acids is 2. The van der Waals surface area contributed by atoms with Gasteiger partial charge in [0.05, 0.1) is 12.2 Å². The van der Waals surface area contributed by atoms with Gasteiger partial charge in [0, 0.05) is 42.4 Å². The van der Waals surface area contributed by atoms with Crippen LogP contribution >= 0.6 is 11.9 Å². The molecule has 1 saturated carbocycles. The molecule has 2 heterocycles. The molecule has 1 aromatic rings. The van der Waals surface area contributed by atoms with Crippen LogP contribution in [0.4, 0.5) is 17.6 Å².